The number of nitrogens with zero attached hydrogens (tertiary/aromatic N) is 4. The van der Waals surface area contributed by atoms with Crippen LogP contribution in [0.4, 0.5) is 0 Å². The summed E-state index contributed by atoms with van der Waals surface area (Å²) in [5.74, 6) is 1.12. The van der Waals surface area contributed by atoms with E-state index in [-0.39, 0.29) is 0 Å². The maximum absolute atomic E-state index is 6.25. The molecule has 5 aromatic carbocycles. The predicted octanol–water partition coefficient (Wildman–Crippen LogP) is 9.73. The molecule has 0 aliphatic carbocycles. The van der Waals surface area contributed by atoms with Crippen molar-refractivity contribution in [3.8, 4) is 45.3 Å². The third-order valence-corrected chi connectivity index (χ3v) is 7.95. The Balaban J connectivity index is 1.25. The van der Waals surface area contributed by atoms with E-state index in [1.165, 1.54) is 0 Å². The van der Waals surface area contributed by atoms with Crippen LogP contribution in [0.3, 0.4) is 0 Å². The van der Waals surface area contributed by atoms with E-state index >= 15 is 0 Å². The van der Waals surface area contributed by atoms with Crippen LogP contribution in [-0.4, -0.2) is 19.9 Å². The van der Waals surface area contributed by atoms with Crippen molar-refractivity contribution in [2.75, 3.05) is 0 Å². The van der Waals surface area contributed by atoms with Crippen LogP contribution in [0.25, 0.3) is 89.4 Å². The van der Waals surface area contributed by atoms with Crippen LogP contribution in [0.5, 0.6) is 0 Å². The van der Waals surface area contributed by atoms with Crippen LogP contribution in [0.15, 0.2) is 142 Å². The third-order valence-electron chi connectivity index (χ3n) is 7.95. The van der Waals surface area contributed by atoms with Crippen molar-refractivity contribution < 1.29 is 8.83 Å². The first-order chi connectivity index (χ1) is 21.8. The van der Waals surface area contributed by atoms with Crippen molar-refractivity contribution in [1.29, 1.82) is 0 Å². The lowest BCUT2D eigenvalue weighted by molar-refractivity contribution is 0.653. The maximum Gasteiger partial charge on any atom is 0.231 e. The number of benzene rings is 5. The molecule has 0 radical (unpaired) electrons. The number of hydrogen-bond acceptors (Lipinski definition) is 6. The Bertz CT molecular complexity index is 2330. The lowest BCUT2D eigenvalue weighted by Gasteiger charge is -2.09. The molecule has 4 aromatic heterocycles. The van der Waals surface area contributed by atoms with Crippen molar-refractivity contribution >= 4 is 44.1 Å². The van der Waals surface area contributed by atoms with Gasteiger partial charge in [-0.1, -0.05) is 115 Å². The highest BCUT2D eigenvalue weighted by atomic mass is 16.3. The second-order valence-electron chi connectivity index (χ2n) is 10.7. The van der Waals surface area contributed by atoms with Gasteiger partial charge in [-0.25, -0.2) is 9.97 Å². The highest BCUT2D eigenvalue weighted by Gasteiger charge is 2.20. The Hall–Kier alpha value is -6.14. The summed E-state index contributed by atoms with van der Waals surface area (Å²) in [4.78, 5) is 20.0. The van der Waals surface area contributed by atoms with E-state index < -0.39 is 0 Å². The van der Waals surface area contributed by atoms with E-state index in [9.17, 15) is 0 Å². The molecule has 0 N–H and O–H groups in total. The summed E-state index contributed by atoms with van der Waals surface area (Å²) in [6.45, 7) is 0. The lowest BCUT2D eigenvalue weighted by atomic mass is 10.0. The second-order valence-corrected chi connectivity index (χ2v) is 10.7. The molecule has 0 saturated heterocycles. The molecular formula is C38H22N4O2. The largest absolute Gasteiger partial charge is 0.438 e. The minimum Gasteiger partial charge on any atom is -0.438 e. The molecule has 0 atom stereocenters. The minimum atomic E-state index is 0.548. The average Bonchev–Trinajstić information content (AvgIpc) is 3.66. The maximum atomic E-state index is 6.25. The van der Waals surface area contributed by atoms with Gasteiger partial charge in [0.1, 0.15) is 11.2 Å². The second kappa shape index (κ2) is 9.71. The third kappa shape index (κ3) is 3.89. The summed E-state index contributed by atoms with van der Waals surface area (Å²) in [5, 5.41) is 3.78. The van der Waals surface area contributed by atoms with Gasteiger partial charge in [-0.05, 0) is 18.2 Å². The van der Waals surface area contributed by atoms with Gasteiger partial charge < -0.3 is 8.83 Å². The molecule has 0 aliphatic heterocycles. The normalized spacial score (nSPS) is 11.6. The fourth-order valence-corrected chi connectivity index (χ4v) is 5.91. The molecule has 44 heavy (non-hydrogen) atoms. The zero-order valence-electron chi connectivity index (χ0n) is 23.3. The Morgan fingerprint density at radius 3 is 1.25 bits per heavy atom. The van der Waals surface area contributed by atoms with Crippen LogP contribution >= 0.6 is 0 Å². The number of aromatic nitrogens is 4. The zero-order valence-corrected chi connectivity index (χ0v) is 23.3. The Morgan fingerprint density at radius 1 is 0.364 bits per heavy atom. The summed E-state index contributed by atoms with van der Waals surface area (Å²) < 4.78 is 12.5. The molecule has 0 saturated carbocycles. The van der Waals surface area contributed by atoms with Crippen LogP contribution in [-0.2, 0) is 0 Å². The molecule has 0 aliphatic rings. The van der Waals surface area contributed by atoms with E-state index in [0.29, 0.717) is 23.1 Å². The minimum absolute atomic E-state index is 0.548. The van der Waals surface area contributed by atoms with E-state index in [1.807, 2.05) is 109 Å². The molecule has 9 aromatic rings. The Kier molecular flexibility index (Phi) is 5.40. The van der Waals surface area contributed by atoms with Gasteiger partial charge in [0.05, 0.1) is 22.2 Å². The molecular weight excluding hydrogens is 544 g/mol. The smallest absolute Gasteiger partial charge is 0.231 e. The fourth-order valence-electron chi connectivity index (χ4n) is 5.91. The number of rotatable bonds is 4. The first-order valence-electron chi connectivity index (χ1n) is 14.4. The van der Waals surface area contributed by atoms with Gasteiger partial charge in [-0.3, -0.25) is 0 Å². The summed E-state index contributed by atoms with van der Waals surface area (Å²) in [5.41, 5.74) is 7.96. The van der Waals surface area contributed by atoms with E-state index in [4.69, 9.17) is 28.8 Å². The molecule has 0 spiro atoms. The molecule has 4 heterocycles. The molecule has 9 rings (SSSR count). The molecule has 6 nitrogen and oxygen atoms in total. The SMILES string of the molecule is c1ccc(-c2nc(-c3cccc(-c4nc(-c5ccccc5)c5c(n4)oc4ccccc45)c3)nc3oc4ccccc4c23)cc1. The van der Waals surface area contributed by atoms with Crippen LogP contribution in [0.1, 0.15) is 0 Å². The molecule has 0 fully saturated rings. The van der Waals surface area contributed by atoms with Crippen molar-refractivity contribution in [3.63, 3.8) is 0 Å². The summed E-state index contributed by atoms with van der Waals surface area (Å²) in [6.07, 6.45) is 0. The van der Waals surface area contributed by atoms with E-state index in [1.54, 1.807) is 0 Å². The van der Waals surface area contributed by atoms with Gasteiger partial charge in [0.2, 0.25) is 11.4 Å². The lowest BCUT2D eigenvalue weighted by Crippen LogP contribution is -1.96. The molecule has 6 heteroatoms. The summed E-state index contributed by atoms with van der Waals surface area (Å²) >= 11 is 0. The highest BCUT2D eigenvalue weighted by Crippen LogP contribution is 2.38. The van der Waals surface area contributed by atoms with Gasteiger partial charge in [0.25, 0.3) is 0 Å². The summed E-state index contributed by atoms with van der Waals surface area (Å²) in [7, 11) is 0. The Labute approximate surface area is 251 Å². The van der Waals surface area contributed by atoms with Crippen molar-refractivity contribution in [2.24, 2.45) is 0 Å². The van der Waals surface area contributed by atoms with Gasteiger partial charge in [0.15, 0.2) is 11.6 Å². The fraction of sp³-hybridized carbons (Fsp3) is 0. The van der Waals surface area contributed by atoms with Crippen molar-refractivity contribution in [3.05, 3.63) is 133 Å². The number of hydrogen-bond donors (Lipinski definition) is 0. The molecule has 0 amide bonds. The van der Waals surface area contributed by atoms with Gasteiger partial charge in [0, 0.05) is 33.0 Å². The molecule has 0 bridgehead atoms. The first kappa shape index (κ1) is 24.5. The van der Waals surface area contributed by atoms with Gasteiger partial charge in [-0.2, -0.15) is 9.97 Å². The van der Waals surface area contributed by atoms with Crippen molar-refractivity contribution in [1.82, 2.24) is 19.9 Å². The van der Waals surface area contributed by atoms with E-state index in [2.05, 4.69) is 24.3 Å². The Morgan fingerprint density at radius 2 is 0.773 bits per heavy atom. The van der Waals surface area contributed by atoms with Gasteiger partial charge in [-0.15, -0.1) is 0 Å². The van der Waals surface area contributed by atoms with Crippen molar-refractivity contribution in [2.45, 2.75) is 0 Å². The number of para-hydroxylation sites is 2. The molecule has 0 unspecified atom stereocenters. The quantitative estimate of drug-likeness (QED) is 0.211. The van der Waals surface area contributed by atoms with Crippen LogP contribution < -0.4 is 0 Å². The monoisotopic (exact) mass is 566 g/mol. The number of furan rings is 2. The topological polar surface area (TPSA) is 77.8 Å². The highest BCUT2D eigenvalue weighted by molar-refractivity contribution is 6.11. The standard InChI is InChI=1S/C38H22N4O2/c1-3-12-23(13-4-1)33-31-27-18-7-9-20-29(27)43-37(31)41-35(39-33)25-16-11-17-26(22-25)36-40-34(24-14-5-2-6-15-24)32-28-19-8-10-21-30(28)44-38(32)42-36/h1-22H. The van der Waals surface area contributed by atoms with Crippen LogP contribution in [0, 0.1) is 0 Å². The van der Waals surface area contributed by atoms with Gasteiger partial charge >= 0.3 is 0 Å². The summed E-state index contributed by atoms with van der Waals surface area (Å²) in [6, 6.07) is 44.3. The predicted molar refractivity (Wildman–Crippen MR) is 174 cm³/mol. The average molecular weight is 567 g/mol. The number of fused-ring (bicyclic) bond motifs is 6. The first-order valence-corrected chi connectivity index (χ1v) is 14.4. The molecule has 206 valence electrons. The van der Waals surface area contributed by atoms with E-state index in [0.717, 1.165) is 66.4 Å². The van der Waals surface area contributed by atoms with Crippen LogP contribution in [0.2, 0.25) is 0 Å². The zero-order chi connectivity index (χ0) is 29.0.